The number of rotatable bonds is 11. The molecular weight excluding hydrogens is 549 g/mol. The summed E-state index contributed by atoms with van der Waals surface area (Å²) >= 11 is 0. The van der Waals surface area contributed by atoms with Crippen molar-refractivity contribution in [2.75, 3.05) is 31.7 Å². The van der Waals surface area contributed by atoms with E-state index in [-0.39, 0.29) is 29.6 Å². The number of carbonyl (C=O) groups is 3. The molecule has 2 aromatic rings. The van der Waals surface area contributed by atoms with E-state index < -0.39 is 17.5 Å². The molecule has 10 nitrogen and oxygen atoms in total. The number of anilines is 1. The van der Waals surface area contributed by atoms with Gasteiger partial charge in [0.2, 0.25) is 11.8 Å². The molecule has 4 rings (SSSR count). The molecule has 2 aromatic carbocycles. The lowest BCUT2D eigenvalue weighted by atomic mass is 9.85. The predicted molar refractivity (Wildman–Crippen MR) is 165 cm³/mol. The summed E-state index contributed by atoms with van der Waals surface area (Å²) in [6.07, 6.45) is 3.79. The zero-order valence-corrected chi connectivity index (χ0v) is 25.7. The van der Waals surface area contributed by atoms with E-state index in [1.54, 1.807) is 42.2 Å². The third-order valence-corrected chi connectivity index (χ3v) is 8.02. The number of nitrogens with zero attached hydrogens (tertiary/aromatic N) is 3. The highest BCUT2D eigenvalue weighted by molar-refractivity contribution is 5.94. The lowest BCUT2D eigenvalue weighted by Crippen LogP contribution is -2.59. The van der Waals surface area contributed by atoms with E-state index in [1.807, 2.05) is 56.0 Å². The molecule has 2 aliphatic heterocycles. The van der Waals surface area contributed by atoms with Crippen LogP contribution in [0.3, 0.4) is 0 Å². The van der Waals surface area contributed by atoms with Crippen LogP contribution in [0.4, 0.5) is 10.1 Å². The molecule has 4 N–H and O–H groups in total. The van der Waals surface area contributed by atoms with Crippen molar-refractivity contribution in [2.45, 2.75) is 65.1 Å². The number of para-hydroxylation sites is 1. The summed E-state index contributed by atoms with van der Waals surface area (Å²) in [6.45, 7) is 8.83. The zero-order chi connectivity index (χ0) is 31.1. The quantitative estimate of drug-likeness (QED) is 0.317. The third kappa shape index (κ3) is 8.11. The first-order chi connectivity index (χ1) is 20.5. The third-order valence-electron chi connectivity index (χ3n) is 8.02. The van der Waals surface area contributed by atoms with Crippen molar-refractivity contribution in [1.82, 2.24) is 31.4 Å². The van der Waals surface area contributed by atoms with Crippen molar-refractivity contribution in [3.05, 3.63) is 77.9 Å². The molecule has 11 heteroatoms. The van der Waals surface area contributed by atoms with Gasteiger partial charge in [0.25, 0.3) is 5.91 Å². The Morgan fingerprint density at radius 2 is 1.79 bits per heavy atom. The molecule has 43 heavy (non-hydrogen) atoms. The van der Waals surface area contributed by atoms with E-state index in [1.165, 1.54) is 12.1 Å². The van der Waals surface area contributed by atoms with Crippen molar-refractivity contribution in [3.63, 3.8) is 0 Å². The van der Waals surface area contributed by atoms with Crippen molar-refractivity contribution < 1.29 is 18.8 Å². The van der Waals surface area contributed by atoms with Crippen LogP contribution in [0.25, 0.3) is 0 Å². The van der Waals surface area contributed by atoms with E-state index in [0.29, 0.717) is 31.8 Å². The highest BCUT2D eigenvalue weighted by Gasteiger charge is 2.41. The highest BCUT2D eigenvalue weighted by atomic mass is 19.1. The van der Waals surface area contributed by atoms with Gasteiger partial charge < -0.3 is 20.4 Å². The van der Waals surface area contributed by atoms with Crippen LogP contribution >= 0.6 is 0 Å². The van der Waals surface area contributed by atoms with Gasteiger partial charge in [0.15, 0.2) is 0 Å². The number of amides is 3. The first-order valence-corrected chi connectivity index (χ1v) is 14.9. The van der Waals surface area contributed by atoms with Crippen molar-refractivity contribution in [1.29, 1.82) is 0 Å². The van der Waals surface area contributed by atoms with Gasteiger partial charge >= 0.3 is 0 Å². The Morgan fingerprint density at radius 3 is 2.44 bits per heavy atom. The van der Waals surface area contributed by atoms with Gasteiger partial charge in [-0.3, -0.25) is 24.8 Å². The normalized spacial score (nSPS) is 18.1. The molecule has 0 unspecified atom stereocenters. The van der Waals surface area contributed by atoms with E-state index in [4.69, 9.17) is 0 Å². The number of hydrazine groups is 2. The van der Waals surface area contributed by atoms with Crippen molar-refractivity contribution in [2.24, 2.45) is 5.41 Å². The van der Waals surface area contributed by atoms with Crippen molar-refractivity contribution in [3.8, 4) is 0 Å². The molecule has 0 saturated carbocycles. The Balaban J connectivity index is 1.54. The molecule has 232 valence electrons. The molecule has 0 spiro atoms. The van der Waals surface area contributed by atoms with Crippen LogP contribution in [0.5, 0.6) is 0 Å². The average Bonchev–Trinajstić information content (AvgIpc) is 3.68. The lowest BCUT2D eigenvalue weighted by Gasteiger charge is -2.37. The fourth-order valence-electron chi connectivity index (χ4n) is 5.29. The average molecular weight is 594 g/mol. The fraction of sp³-hybridized carbons (Fsp3) is 0.469. The van der Waals surface area contributed by atoms with Gasteiger partial charge in [0, 0.05) is 25.7 Å². The molecule has 0 aromatic heterocycles. The Labute approximate surface area is 253 Å². The predicted octanol–water partition coefficient (Wildman–Crippen LogP) is 2.70. The van der Waals surface area contributed by atoms with E-state index in [9.17, 15) is 18.8 Å². The second-order valence-corrected chi connectivity index (χ2v) is 12.3. The summed E-state index contributed by atoms with van der Waals surface area (Å²) in [4.78, 5) is 44.2. The number of hydrogen-bond acceptors (Lipinski definition) is 7. The standard InChI is InChI=1S/C32H44FN7O3/c1-22(34-5)29(41)35-28(32(2,3)4)31(43)39-18-9-12-26(39)20-38(19-17-23-13-15-24(33)16-14-23)30(42)27-21-40(37-36-27)25-10-7-6-8-11-25/h6-8,10-11,13-16,21-22,26,28,34,36-37H,9,12,17-20H2,1-5H3,(H,35,41)/t22-,26-,28+/m0/s1. The summed E-state index contributed by atoms with van der Waals surface area (Å²) in [5, 5.41) is 7.62. The highest BCUT2D eigenvalue weighted by Crippen LogP contribution is 2.27. The van der Waals surface area contributed by atoms with E-state index in [0.717, 1.165) is 24.1 Å². The van der Waals surface area contributed by atoms with Crippen LogP contribution < -0.4 is 26.6 Å². The molecule has 1 saturated heterocycles. The fourth-order valence-corrected chi connectivity index (χ4v) is 5.29. The summed E-state index contributed by atoms with van der Waals surface area (Å²) in [7, 11) is 1.70. The minimum atomic E-state index is -0.720. The SMILES string of the molecule is CN[C@@H](C)C(=O)N[C@H](C(=O)N1CCC[C@H]1CN(CCc1ccc(F)cc1)C(=O)C1=CN(c2ccccc2)NN1)C(C)(C)C. The molecule has 0 radical (unpaired) electrons. The summed E-state index contributed by atoms with van der Waals surface area (Å²) in [5.74, 6) is -0.908. The molecule has 3 atom stereocenters. The summed E-state index contributed by atoms with van der Waals surface area (Å²) in [5.41, 5.74) is 7.63. The maximum Gasteiger partial charge on any atom is 0.273 e. The van der Waals surface area contributed by atoms with Crippen LogP contribution in [-0.4, -0.2) is 72.3 Å². The van der Waals surface area contributed by atoms with Crippen LogP contribution in [0.1, 0.15) is 46.1 Å². The second kappa shape index (κ2) is 14.0. The number of nitrogens with one attached hydrogen (secondary N) is 4. The minimum absolute atomic E-state index is 0.146. The number of benzene rings is 2. The summed E-state index contributed by atoms with van der Waals surface area (Å²) < 4.78 is 13.5. The van der Waals surface area contributed by atoms with Crippen LogP contribution in [0, 0.1) is 11.2 Å². The lowest BCUT2D eigenvalue weighted by molar-refractivity contribution is -0.141. The largest absolute Gasteiger partial charge is 0.342 e. The Morgan fingerprint density at radius 1 is 1.09 bits per heavy atom. The molecular formula is C32H44FN7O3. The van der Waals surface area contributed by atoms with E-state index >= 15 is 0 Å². The maximum atomic E-state index is 14.0. The molecule has 0 bridgehead atoms. The van der Waals surface area contributed by atoms with Gasteiger partial charge in [-0.1, -0.05) is 51.1 Å². The molecule has 0 aliphatic carbocycles. The molecule has 2 heterocycles. The van der Waals surface area contributed by atoms with E-state index in [2.05, 4.69) is 21.6 Å². The molecule has 1 fully saturated rings. The second-order valence-electron chi connectivity index (χ2n) is 12.3. The molecule has 3 amide bonds. The van der Waals surface area contributed by atoms with Gasteiger partial charge in [0.05, 0.1) is 17.9 Å². The number of likely N-dealkylation sites (N-methyl/N-ethyl adjacent to an activating group) is 1. The maximum absolute atomic E-state index is 14.0. The Kier molecular flexibility index (Phi) is 10.4. The first-order valence-electron chi connectivity index (χ1n) is 14.9. The smallest absolute Gasteiger partial charge is 0.273 e. The number of halogens is 1. The first kappa shape index (κ1) is 32.0. The van der Waals surface area contributed by atoms with Gasteiger partial charge in [-0.05, 0) is 68.5 Å². The molecule has 2 aliphatic rings. The van der Waals surface area contributed by atoms with Crippen LogP contribution in [-0.2, 0) is 20.8 Å². The number of carbonyl (C=O) groups excluding carboxylic acids is 3. The minimum Gasteiger partial charge on any atom is -0.342 e. The zero-order valence-electron chi connectivity index (χ0n) is 25.7. The number of hydrogen-bond donors (Lipinski definition) is 4. The van der Waals surface area contributed by atoms with Gasteiger partial charge in [-0.25, -0.2) is 4.39 Å². The monoisotopic (exact) mass is 593 g/mol. The number of likely N-dealkylation sites (tertiary alicyclic amines) is 1. The van der Waals surface area contributed by atoms with Crippen molar-refractivity contribution >= 4 is 23.4 Å². The van der Waals surface area contributed by atoms with Crippen LogP contribution in [0.2, 0.25) is 0 Å². The van der Waals surface area contributed by atoms with Gasteiger partial charge in [-0.15, -0.1) is 5.53 Å². The summed E-state index contributed by atoms with van der Waals surface area (Å²) in [6, 6.07) is 14.5. The van der Waals surface area contributed by atoms with Gasteiger partial charge in [0.1, 0.15) is 17.6 Å². The Bertz CT molecular complexity index is 1300. The topological polar surface area (TPSA) is 109 Å². The Hall–Kier alpha value is -3.96. The van der Waals surface area contributed by atoms with Crippen LogP contribution in [0.15, 0.2) is 66.5 Å². The van der Waals surface area contributed by atoms with Gasteiger partial charge in [-0.2, -0.15) is 0 Å².